The fraction of sp³-hybridized carbons (Fsp3) is 0.368. The molecule has 2 amide bonds. The van der Waals surface area contributed by atoms with E-state index in [1.165, 1.54) is 11.8 Å². The van der Waals surface area contributed by atoms with Crippen LogP contribution < -0.4 is 10.2 Å². The van der Waals surface area contributed by atoms with E-state index in [4.69, 9.17) is 4.74 Å². The molecule has 0 saturated carbocycles. The number of amides is 2. The lowest BCUT2D eigenvalue weighted by atomic mass is 10.1. The van der Waals surface area contributed by atoms with E-state index < -0.39 is 0 Å². The zero-order valence-electron chi connectivity index (χ0n) is 15.8. The number of thioether (sulfide) groups is 1. The van der Waals surface area contributed by atoms with Crippen LogP contribution in [-0.4, -0.2) is 51.8 Å². The molecule has 0 bridgehead atoms. The maximum atomic E-state index is 12.2. The van der Waals surface area contributed by atoms with Gasteiger partial charge in [0.2, 0.25) is 5.91 Å². The first-order chi connectivity index (χ1) is 14.0. The summed E-state index contributed by atoms with van der Waals surface area (Å²) >= 11 is 4.92. The van der Waals surface area contributed by atoms with E-state index in [-0.39, 0.29) is 23.7 Å². The Balaban J connectivity index is 1.40. The highest BCUT2D eigenvalue weighted by molar-refractivity contribution is 9.14. The van der Waals surface area contributed by atoms with Gasteiger partial charge in [-0.2, -0.15) is 0 Å². The summed E-state index contributed by atoms with van der Waals surface area (Å²) in [5.41, 5.74) is 3.37. The fourth-order valence-electron chi connectivity index (χ4n) is 3.25. The number of halogens is 1. The molecule has 1 atom stereocenters. The summed E-state index contributed by atoms with van der Waals surface area (Å²) in [7, 11) is 0. The van der Waals surface area contributed by atoms with Crippen LogP contribution in [0.3, 0.4) is 0 Å². The number of carbonyl (C=O) groups excluding carboxylic acids is 2. The molecule has 0 spiro atoms. The Bertz CT molecular complexity index is 977. The molecule has 152 valence electrons. The molecular formula is C19H20BrN5O3S. The summed E-state index contributed by atoms with van der Waals surface area (Å²) < 4.78 is 7.87. The molecule has 1 fully saturated rings. The lowest BCUT2D eigenvalue weighted by molar-refractivity contribution is -0.125. The first-order valence-corrected chi connectivity index (χ1v) is 10.9. The Hall–Kier alpha value is -2.17. The number of morpholine rings is 1. The van der Waals surface area contributed by atoms with Crippen LogP contribution in [0.1, 0.15) is 17.7 Å². The monoisotopic (exact) mass is 477 g/mol. The number of rotatable bonds is 5. The van der Waals surface area contributed by atoms with Gasteiger partial charge in [0.25, 0.3) is 5.91 Å². The van der Waals surface area contributed by atoms with E-state index in [2.05, 4.69) is 31.6 Å². The third-order valence-corrected chi connectivity index (χ3v) is 6.71. The molecule has 1 aromatic carbocycles. The number of aromatic nitrogens is 3. The molecule has 8 nitrogen and oxygen atoms in total. The molecule has 1 aromatic heterocycles. The van der Waals surface area contributed by atoms with Crippen LogP contribution in [0.4, 0.5) is 5.69 Å². The standard InChI is InChI=1S/C19H20BrN5O3S/c1-12-8-14(2-3-15(12)24-6-7-28-11-18(24)26)25-10-13(22-23-25)9-21-19(27)16-4-5-17(20)29-16/h2-3,5,8,10,16H,4,6-7,9,11H2,1H3,(H,21,27). The van der Waals surface area contributed by atoms with Gasteiger partial charge >= 0.3 is 0 Å². The summed E-state index contributed by atoms with van der Waals surface area (Å²) in [5.74, 6) is -0.0424. The smallest absolute Gasteiger partial charge is 0.253 e. The molecule has 10 heteroatoms. The van der Waals surface area contributed by atoms with E-state index >= 15 is 0 Å². The molecule has 2 aliphatic rings. The van der Waals surface area contributed by atoms with Gasteiger partial charge in [-0.15, -0.1) is 16.9 Å². The molecule has 1 unspecified atom stereocenters. The maximum Gasteiger partial charge on any atom is 0.253 e. The largest absolute Gasteiger partial charge is 0.370 e. The summed E-state index contributed by atoms with van der Waals surface area (Å²) in [4.78, 5) is 26.0. The number of nitrogens with one attached hydrogen (secondary N) is 1. The lowest BCUT2D eigenvalue weighted by Gasteiger charge is -2.28. The van der Waals surface area contributed by atoms with Crippen molar-refractivity contribution in [2.24, 2.45) is 0 Å². The van der Waals surface area contributed by atoms with Crippen molar-refractivity contribution in [2.75, 3.05) is 24.7 Å². The zero-order chi connectivity index (χ0) is 20.4. The van der Waals surface area contributed by atoms with Crippen LogP contribution >= 0.6 is 27.7 Å². The number of carbonyl (C=O) groups is 2. The summed E-state index contributed by atoms with van der Waals surface area (Å²) in [6, 6.07) is 5.78. The third-order valence-electron chi connectivity index (χ3n) is 4.75. The van der Waals surface area contributed by atoms with Crippen molar-refractivity contribution >= 4 is 45.2 Å². The van der Waals surface area contributed by atoms with E-state index in [0.717, 1.165) is 27.2 Å². The molecule has 0 radical (unpaired) electrons. The first-order valence-electron chi connectivity index (χ1n) is 9.21. The highest BCUT2D eigenvalue weighted by atomic mass is 79.9. The second kappa shape index (κ2) is 8.68. The average molecular weight is 478 g/mol. The molecule has 2 aromatic rings. The van der Waals surface area contributed by atoms with Crippen LogP contribution in [0.25, 0.3) is 5.69 Å². The minimum Gasteiger partial charge on any atom is -0.370 e. The van der Waals surface area contributed by atoms with Crippen molar-refractivity contribution in [1.29, 1.82) is 0 Å². The number of benzene rings is 1. The minimum absolute atomic E-state index is 0.00868. The van der Waals surface area contributed by atoms with Gasteiger partial charge < -0.3 is 15.0 Å². The van der Waals surface area contributed by atoms with Crippen LogP contribution in [0.2, 0.25) is 0 Å². The van der Waals surface area contributed by atoms with Crippen LogP contribution in [-0.2, 0) is 20.9 Å². The van der Waals surface area contributed by atoms with E-state index in [1.54, 1.807) is 15.8 Å². The molecule has 2 aliphatic heterocycles. The Morgan fingerprint density at radius 2 is 2.31 bits per heavy atom. The molecular weight excluding hydrogens is 458 g/mol. The molecule has 3 heterocycles. The number of hydrogen-bond donors (Lipinski definition) is 1. The van der Waals surface area contributed by atoms with E-state index in [9.17, 15) is 9.59 Å². The Labute approximate surface area is 180 Å². The third kappa shape index (κ3) is 4.54. The summed E-state index contributed by atoms with van der Waals surface area (Å²) in [6.07, 6.45) is 4.52. The van der Waals surface area contributed by atoms with Crippen molar-refractivity contribution in [3.05, 3.63) is 45.5 Å². The molecule has 1 saturated heterocycles. The summed E-state index contributed by atoms with van der Waals surface area (Å²) in [6.45, 7) is 3.50. The van der Waals surface area contributed by atoms with E-state index in [1.807, 2.05) is 31.2 Å². The fourth-order valence-corrected chi connectivity index (χ4v) is 4.96. The quantitative estimate of drug-likeness (QED) is 0.710. The second-order valence-corrected chi connectivity index (χ2v) is 9.42. The zero-order valence-corrected chi connectivity index (χ0v) is 18.2. The maximum absolute atomic E-state index is 12.2. The van der Waals surface area contributed by atoms with Gasteiger partial charge in [0, 0.05) is 16.0 Å². The number of allylic oxidation sites excluding steroid dienone is 1. The predicted octanol–water partition coefficient (Wildman–Crippen LogP) is 2.30. The molecule has 1 N–H and O–H groups in total. The number of aryl methyl sites for hydroxylation is 1. The van der Waals surface area contributed by atoms with Gasteiger partial charge in [0.05, 0.1) is 30.3 Å². The Morgan fingerprint density at radius 1 is 1.45 bits per heavy atom. The van der Waals surface area contributed by atoms with Crippen LogP contribution in [0.15, 0.2) is 34.3 Å². The van der Waals surface area contributed by atoms with Gasteiger partial charge in [-0.3, -0.25) is 9.59 Å². The second-order valence-electron chi connectivity index (χ2n) is 6.79. The van der Waals surface area contributed by atoms with Gasteiger partial charge in [-0.05, 0) is 53.0 Å². The number of nitrogens with zero attached hydrogens (tertiary/aromatic N) is 4. The molecule has 4 rings (SSSR count). The van der Waals surface area contributed by atoms with Crippen molar-refractivity contribution in [1.82, 2.24) is 20.3 Å². The molecule has 0 aliphatic carbocycles. The van der Waals surface area contributed by atoms with Crippen LogP contribution in [0.5, 0.6) is 0 Å². The topological polar surface area (TPSA) is 89.3 Å². The first kappa shape index (κ1) is 20.1. The van der Waals surface area contributed by atoms with Gasteiger partial charge in [0.15, 0.2) is 0 Å². The van der Waals surface area contributed by atoms with Crippen molar-refractivity contribution in [3.8, 4) is 5.69 Å². The van der Waals surface area contributed by atoms with E-state index in [0.29, 0.717) is 25.4 Å². The highest BCUT2D eigenvalue weighted by Gasteiger charge is 2.24. The molecule has 29 heavy (non-hydrogen) atoms. The number of anilines is 1. The van der Waals surface area contributed by atoms with Crippen molar-refractivity contribution < 1.29 is 14.3 Å². The van der Waals surface area contributed by atoms with Gasteiger partial charge in [-0.1, -0.05) is 11.3 Å². The van der Waals surface area contributed by atoms with Crippen molar-refractivity contribution in [2.45, 2.75) is 25.1 Å². The Kier molecular flexibility index (Phi) is 6.02. The van der Waals surface area contributed by atoms with Crippen molar-refractivity contribution in [3.63, 3.8) is 0 Å². The highest BCUT2D eigenvalue weighted by Crippen LogP contribution is 2.36. The van der Waals surface area contributed by atoms with Gasteiger partial charge in [0.1, 0.15) is 12.3 Å². The van der Waals surface area contributed by atoms with Gasteiger partial charge in [-0.25, -0.2) is 4.68 Å². The Morgan fingerprint density at radius 3 is 3.03 bits per heavy atom. The number of ether oxygens (including phenoxy) is 1. The lowest BCUT2D eigenvalue weighted by Crippen LogP contribution is -2.42. The predicted molar refractivity (Wildman–Crippen MR) is 114 cm³/mol. The van der Waals surface area contributed by atoms with Crippen LogP contribution in [0, 0.1) is 6.92 Å². The SMILES string of the molecule is Cc1cc(-n2cc(CNC(=O)C3CC=C(Br)S3)nn2)ccc1N1CCOCC1=O. The average Bonchev–Trinajstić information content (AvgIpc) is 3.36. The summed E-state index contributed by atoms with van der Waals surface area (Å²) in [5, 5.41) is 11.1. The number of hydrogen-bond acceptors (Lipinski definition) is 6. The minimum atomic E-state index is -0.0995. The normalized spacial score (nSPS) is 19.4.